The van der Waals surface area contributed by atoms with E-state index in [-0.39, 0.29) is 23.3 Å². The molecule has 0 radical (unpaired) electrons. The van der Waals surface area contributed by atoms with Crippen molar-refractivity contribution in [2.45, 2.75) is 35.5 Å². The molecule has 1 aromatic heterocycles. The number of ether oxygens (including phenoxy) is 1. The number of hydrogen-bond acceptors (Lipinski definition) is 5. The van der Waals surface area contributed by atoms with E-state index in [0.717, 1.165) is 33.3 Å². The molecule has 36 heavy (non-hydrogen) atoms. The highest BCUT2D eigenvalue weighted by Gasteiger charge is 2.54. The van der Waals surface area contributed by atoms with E-state index in [1.807, 2.05) is 66.4 Å². The van der Waals surface area contributed by atoms with E-state index in [1.165, 1.54) is 41.0 Å². The lowest BCUT2D eigenvalue weighted by molar-refractivity contribution is -0.118. The first kappa shape index (κ1) is 22.2. The van der Waals surface area contributed by atoms with Crippen LogP contribution in [0.1, 0.15) is 35.6 Å². The van der Waals surface area contributed by atoms with E-state index >= 15 is 0 Å². The second-order valence-corrected chi connectivity index (χ2v) is 12.3. The number of nitrogens with one attached hydrogen (secondary N) is 2. The highest BCUT2D eigenvalue weighted by atomic mass is 32.2. The first-order valence-corrected chi connectivity index (χ1v) is 14.2. The van der Waals surface area contributed by atoms with E-state index in [9.17, 15) is 9.59 Å². The third kappa shape index (κ3) is 3.76. The summed E-state index contributed by atoms with van der Waals surface area (Å²) >= 11 is 3.28. The van der Waals surface area contributed by atoms with Crippen molar-refractivity contribution in [2.24, 2.45) is 17.8 Å². The molecular weight excluding hydrogens is 488 g/mol. The summed E-state index contributed by atoms with van der Waals surface area (Å²) in [4.78, 5) is 29.2. The van der Waals surface area contributed by atoms with Crippen LogP contribution in [0.25, 0.3) is 10.8 Å². The normalized spacial score (nSPS) is 25.9. The van der Waals surface area contributed by atoms with Crippen LogP contribution in [0.3, 0.4) is 0 Å². The Morgan fingerprint density at radius 1 is 1.00 bits per heavy atom. The van der Waals surface area contributed by atoms with Gasteiger partial charge >= 0.3 is 4.87 Å². The van der Waals surface area contributed by atoms with Crippen molar-refractivity contribution in [1.82, 2.24) is 4.98 Å². The van der Waals surface area contributed by atoms with E-state index < -0.39 is 0 Å². The van der Waals surface area contributed by atoms with Gasteiger partial charge in [0.2, 0.25) is 0 Å². The largest absolute Gasteiger partial charge is 0.484 e. The summed E-state index contributed by atoms with van der Waals surface area (Å²) in [6.45, 7) is -0.0549. The van der Waals surface area contributed by atoms with Crippen molar-refractivity contribution >= 4 is 45.5 Å². The van der Waals surface area contributed by atoms with E-state index in [2.05, 4.69) is 22.4 Å². The van der Waals surface area contributed by atoms with Crippen LogP contribution in [0.15, 0.2) is 76.6 Å². The fraction of sp³-hybridized carbons (Fsp3) is 0.310. The van der Waals surface area contributed by atoms with Gasteiger partial charge in [-0.05, 0) is 66.2 Å². The number of benzene rings is 3. The van der Waals surface area contributed by atoms with Gasteiger partial charge in [0.15, 0.2) is 6.61 Å². The first-order valence-electron chi connectivity index (χ1n) is 12.5. The number of rotatable bonds is 5. The smallest absolute Gasteiger partial charge is 0.305 e. The number of hydrogen-bond donors (Lipinski definition) is 2. The molecule has 5 nitrogen and oxygen atoms in total. The Labute approximate surface area is 217 Å². The summed E-state index contributed by atoms with van der Waals surface area (Å²) in [6, 6.07) is 22.0. The highest BCUT2D eigenvalue weighted by molar-refractivity contribution is 8.00. The van der Waals surface area contributed by atoms with Crippen molar-refractivity contribution in [3.63, 3.8) is 0 Å². The number of amides is 1. The molecule has 2 N–H and O–H groups in total. The lowest BCUT2D eigenvalue weighted by atomic mass is 9.75. The van der Waals surface area contributed by atoms with Crippen LogP contribution in [0.2, 0.25) is 0 Å². The number of carbonyl (C=O) groups is 1. The number of aromatic nitrogens is 1. The van der Waals surface area contributed by atoms with Crippen LogP contribution in [-0.2, 0) is 4.79 Å². The van der Waals surface area contributed by atoms with Crippen molar-refractivity contribution in [2.75, 3.05) is 11.9 Å². The fourth-order valence-electron chi connectivity index (χ4n) is 6.66. The number of carbonyl (C=O) groups excluding carboxylic acids is 1. The number of fused-ring (bicyclic) bond motifs is 7. The van der Waals surface area contributed by atoms with Crippen molar-refractivity contribution in [1.29, 1.82) is 0 Å². The minimum Gasteiger partial charge on any atom is -0.484 e. The summed E-state index contributed by atoms with van der Waals surface area (Å²) in [5.41, 5.74) is 2.02. The summed E-state index contributed by atoms with van der Waals surface area (Å²) in [5, 5.41) is 6.74. The van der Waals surface area contributed by atoms with Crippen LogP contribution in [0.4, 0.5) is 5.69 Å². The average molecular weight is 515 g/mol. The molecule has 0 spiro atoms. The molecule has 1 amide bonds. The van der Waals surface area contributed by atoms with Gasteiger partial charge in [0.25, 0.3) is 5.91 Å². The van der Waals surface area contributed by atoms with E-state index in [4.69, 9.17) is 4.74 Å². The van der Waals surface area contributed by atoms with Crippen LogP contribution in [0, 0.1) is 17.8 Å². The molecule has 2 bridgehead atoms. The van der Waals surface area contributed by atoms with Crippen molar-refractivity contribution in [3.05, 3.63) is 86.8 Å². The number of H-pyrrole nitrogens is 1. The fourth-order valence-corrected chi connectivity index (χ4v) is 9.56. The molecule has 5 atom stereocenters. The standard InChI is InChI=1S/C29H26N2O3S2/c32-23(30-22-7-3-5-16-4-1-2-6-21(16)22)15-34-20-12-10-17(11-13-20)24-25-18-8-9-19(14-18)26(25)35-28-27(24)36-29(33)31-28/h1-7,10-13,18-19,24-26H,8-9,14-15H2,(H,30,32)(H,31,33)/t18?,19?,24-,25?,26?/m1/s1. The third-order valence-corrected chi connectivity index (χ3v) is 10.8. The molecule has 3 aliphatic rings. The molecule has 4 aromatic rings. The van der Waals surface area contributed by atoms with Crippen LogP contribution < -0.4 is 14.9 Å². The van der Waals surface area contributed by atoms with Gasteiger partial charge in [-0.25, -0.2) is 0 Å². The van der Waals surface area contributed by atoms with Crippen LogP contribution >= 0.6 is 23.1 Å². The topological polar surface area (TPSA) is 71.2 Å². The molecule has 182 valence electrons. The second kappa shape index (κ2) is 8.82. The Kier molecular flexibility index (Phi) is 5.44. The Hall–Kier alpha value is -3.03. The zero-order valence-corrected chi connectivity index (χ0v) is 21.2. The summed E-state index contributed by atoms with van der Waals surface area (Å²) in [6.07, 6.45) is 3.96. The van der Waals surface area contributed by atoms with Crippen molar-refractivity contribution in [3.8, 4) is 5.75 Å². The second-order valence-electron chi connectivity index (χ2n) is 10.1. The Morgan fingerprint density at radius 2 is 1.81 bits per heavy atom. The number of anilines is 1. The minimum absolute atomic E-state index is 0.0435. The molecular formula is C29H26N2O3S2. The van der Waals surface area contributed by atoms with Crippen LogP contribution in [0.5, 0.6) is 5.75 Å². The number of thioether (sulfide) groups is 1. The van der Waals surface area contributed by atoms with E-state index in [1.54, 1.807) is 0 Å². The first-order chi connectivity index (χ1) is 17.6. The molecule has 4 unspecified atom stereocenters. The number of thiazole rings is 1. The summed E-state index contributed by atoms with van der Waals surface area (Å²) in [5.74, 6) is 2.85. The minimum atomic E-state index is -0.189. The summed E-state index contributed by atoms with van der Waals surface area (Å²) < 4.78 is 5.83. The third-order valence-electron chi connectivity index (χ3n) is 8.14. The molecule has 7 rings (SSSR count). The van der Waals surface area contributed by atoms with Gasteiger partial charge in [-0.2, -0.15) is 0 Å². The lowest BCUT2D eigenvalue weighted by Gasteiger charge is -2.40. The Morgan fingerprint density at radius 3 is 2.69 bits per heavy atom. The monoisotopic (exact) mass is 514 g/mol. The molecule has 3 aromatic carbocycles. The quantitative estimate of drug-likeness (QED) is 0.330. The van der Waals surface area contributed by atoms with Gasteiger partial charge in [0.05, 0.1) is 5.03 Å². The Balaban J connectivity index is 1.07. The zero-order valence-electron chi connectivity index (χ0n) is 19.6. The SMILES string of the molecule is O=C(COc1ccc([C@H]2c3sc(=O)[nH]c3SC3C4CCC(C4)C32)cc1)Nc1cccc2ccccc12. The summed E-state index contributed by atoms with van der Waals surface area (Å²) in [7, 11) is 0. The molecule has 2 saturated carbocycles. The molecule has 2 fully saturated rings. The Bertz CT molecular complexity index is 1500. The zero-order chi connectivity index (χ0) is 24.2. The van der Waals surface area contributed by atoms with Crippen molar-refractivity contribution < 1.29 is 9.53 Å². The average Bonchev–Trinajstić information content (AvgIpc) is 3.61. The van der Waals surface area contributed by atoms with Gasteiger partial charge < -0.3 is 15.0 Å². The molecule has 0 saturated heterocycles. The molecule has 7 heteroatoms. The predicted octanol–water partition coefficient (Wildman–Crippen LogP) is 6.26. The molecule has 2 aliphatic carbocycles. The van der Waals surface area contributed by atoms with Gasteiger partial charge in [-0.15, -0.1) is 11.8 Å². The maximum Gasteiger partial charge on any atom is 0.305 e. The van der Waals surface area contributed by atoms with Gasteiger partial charge in [-0.1, -0.05) is 59.9 Å². The number of aromatic amines is 1. The van der Waals surface area contributed by atoms with Crippen LogP contribution in [-0.4, -0.2) is 22.7 Å². The van der Waals surface area contributed by atoms with Gasteiger partial charge in [-0.3, -0.25) is 9.59 Å². The molecule has 1 aliphatic heterocycles. The highest BCUT2D eigenvalue weighted by Crippen LogP contribution is 2.63. The maximum atomic E-state index is 12.6. The molecule has 2 heterocycles. The van der Waals surface area contributed by atoms with Gasteiger partial charge in [0, 0.05) is 27.1 Å². The van der Waals surface area contributed by atoms with Gasteiger partial charge in [0.1, 0.15) is 5.75 Å². The lowest BCUT2D eigenvalue weighted by Crippen LogP contribution is -2.33. The maximum absolute atomic E-state index is 12.6. The van der Waals surface area contributed by atoms with E-state index in [0.29, 0.717) is 16.9 Å². The predicted molar refractivity (Wildman–Crippen MR) is 145 cm³/mol.